The number of rotatable bonds is 4. The van der Waals surface area contributed by atoms with Crippen LogP contribution >= 0.6 is 0 Å². The monoisotopic (exact) mass is 327 g/mol. The molecule has 0 amide bonds. The van der Waals surface area contributed by atoms with Crippen LogP contribution in [0.15, 0.2) is 66.7 Å². The van der Waals surface area contributed by atoms with Crippen LogP contribution in [0, 0.1) is 5.92 Å². The van der Waals surface area contributed by atoms with Crippen LogP contribution in [0.25, 0.3) is 32.3 Å². The van der Waals surface area contributed by atoms with Crippen molar-refractivity contribution in [3.05, 3.63) is 66.7 Å². The van der Waals surface area contributed by atoms with Gasteiger partial charge in [0.05, 0.1) is 0 Å². The molecule has 1 nitrogen and oxygen atoms in total. The van der Waals surface area contributed by atoms with E-state index in [0.717, 1.165) is 13.1 Å². The maximum Gasteiger partial charge on any atom is 0.0372 e. The molecule has 25 heavy (non-hydrogen) atoms. The molecule has 0 aromatic heterocycles. The summed E-state index contributed by atoms with van der Waals surface area (Å²) in [6, 6.07) is 24.5. The molecule has 0 fully saturated rings. The van der Waals surface area contributed by atoms with Gasteiger partial charge in [-0.25, -0.2) is 0 Å². The number of fused-ring (bicyclic) bond motifs is 6. The average Bonchev–Trinajstić information content (AvgIpc) is 2.66. The van der Waals surface area contributed by atoms with Crippen molar-refractivity contribution in [2.24, 2.45) is 5.92 Å². The summed E-state index contributed by atoms with van der Waals surface area (Å²) < 4.78 is 0. The topological polar surface area (TPSA) is 3.24 Å². The van der Waals surface area contributed by atoms with E-state index in [0.29, 0.717) is 5.92 Å². The van der Waals surface area contributed by atoms with Crippen LogP contribution in [-0.2, 0) is 0 Å². The molecular weight excluding hydrogens is 302 g/mol. The molecule has 0 aliphatic heterocycles. The minimum Gasteiger partial charge on any atom is -0.372 e. The molecule has 0 N–H and O–H groups in total. The minimum atomic E-state index is 0.656. The molecule has 4 aromatic carbocycles. The summed E-state index contributed by atoms with van der Waals surface area (Å²) in [5.74, 6) is 0.656. The molecule has 126 valence electrons. The third-order valence-corrected chi connectivity index (χ3v) is 5.06. The molecule has 0 aliphatic carbocycles. The third-order valence-electron chi connectivity index (χ3n) is 5.06. The van der Waals surface area contributed by atoms with Crippen molar-refractivity contribution in [3.8, 4) is 0 Å². The highest BCUT2D eigenvalue weighted by molar-refractivity contribution is 6.25. The first kappa shape index (κ1) is 16.0. The van der Waals surface area contributed by atoms with Crippen molar-refractivity contribution in [2.45, 2.75) is 20.8 Å². The molecular formula is C24H25N. The van der Waals surface area contributed by atoms with Crippen LogP contribution < -0.4 is 4.90 Å². The molecule has 4 rings (SSSR count). The first-order chi connectivity index (χ1) is 12.2. The van der Waals surface area contributed by atoms with Gasteiger partial charge in [0.1, 0.15) is 0 Å². The predicted molar refractivity (Wildman–Crippen MR) is 112 cm³/mol. The quantitative estimate of drug-likeness (QED) is 0.380. The lowest BCUT2D eigenvalue weighted by atomic mass is 9.94. The average molecular weight is 327 g/mol. The Bertz CT molecular complexity index is 1010. The molecule has 0 heterocycles. The highest BCUT2D eigenvalue weighted by atomic mass is 15.1. The fourth-order valence-corrected chi connectivity index (χ4v) is 3.95. The van der Waals surface area contributed by atoms with Gasteiger partial charge in [0.15, 0.2) is 0 Å². The zero-order chi connectivity index (χ0) is 17.4. The van der Waals surface area contributed by atoms with Crippen molar-refractivity contribution >= 4 is 38.0 Å². The van der Waals surface area contributed by atoms with E-state index in [2.05, 4.69) is 92.4 Å². The lowest BCUT2D eigenvalue weighted by molar-refractivity contribution is 0.619. The van der Waals surface area contributed by atoms with E-state index in [1.807, 2.05) is 0 Å². The van der Waals surface area contributed by atoms with Crippen LogP contribution in [0.2, 0.25) is 0 Å². The van der Waals surface area contributed by atoms with E-state index >= 15 is 0 Å². The van der Waals surface area contributed by atoms with Gasteiger partial charge in [-0.1, -0.05) is 68.4 Å². The largest absolute Gasteiger partial charge is 0.372 e. The Morgan fingerprint density at radius 3 is 1.64 bits per heavy atom. The van der Waals surface area contributed by atoms with Crippen LogP contribution in [0.4, 0.5) is 5.69 Å². The second-order valence-electron chi connectivity index (χ2n) is 7.25. The number of hydrogen-bond acceptors (Lipinski definition) is 1. The molecule has 0 spiro atoms. The molecule has 0 unspecified atom stereocenters. The van der Waals surface area contributed by atoms with Crippen LogP contribution in [0.3, 0.4) is 0 Å². The maximum absolute atomic E-state index is 2.48. The van der Waals surface area contributed by atoms with E-state index in [9.17, 15) is 0 Å². The minimum absolute atomic E-state index is 0.656. The first-order valence-corrected chi connectivity index (χ1v) is 9.27. The second kappa shape index (κ2) is 6.40. The third kappa shape index (κ3) is 2.74. The van der Waals surface area contributed by atoms with Gasteiger partial charge in [-0.2, -0.15) is 0 Å². The standard InChI is InChI=1S/C24H25N/c1-4-25(16-17(2)3)18-13-14-23-21-11-6-5-9-19(21)20-10-7-8-12-22(20)24(23)15-18/h5-15,17H,4,16H2,1-3H3. The van der Waals surface area contributed by atoms with Crippen molar-refractivity contribution in [1.82, 2.24) is 0 Å². The summed E-state index contributed by atoms with van der Waals surface area (Å²) in [5, 5.41) is 8.07. The molecule has 0 saturated carbocycles. The highest BCUT2D eigenvalue weighted by Gasteiger charge is 2.11. The van der Waals surface area contributed by atoms with Crippen LogP contribution in [0.1, 0.15) is 20.8 Å². The maximum atomic E-state index is 2.48. The van der Waals surface area contributed by atoms with Gasteiger partial charge in [0.2, 0.25) is 0 Å². The Hall–Kier alpha value is -2.54. The van der Waals surface area contributed by atoms with Crippen molar-refractivity contribution in [3.63, 3.8) is 0 Å². The fourth-order valence-electron chi connectivity index (χ4n) is 3.95. The van der Waals surface area contributed by atoms with E-state index in [1.165, 1.54) is 38.0 Å². The van der Waals surface area contributed by atoms with Gasteiger partial charge in [-0.05, 0) is 57.3 Å². The lowest BCUT2D eigenvalue weighted by Crippen LogP contribution is -2.27. The second-order valence-corrected chi connectivity index (χ2v) is 7.25. The number of anilines is 1. The highest BCUT2D eigenvalue weighted by Crippen LogP contribution is 2.36. The summed E-state index contributed by atoms with van der Waals surface area (Å²) in [7, 11) is 0. The Morgan fingerprint density at radius 1 is 0.680 bits per heavy atom. The van der Waals surface area contributed by atoms with Gasteiger partial charge in [-0.3, -0.25) is 0 Å². The SMILES string of the molecule is CCN(CC(C)C)c1ccc2c3ccccc3c3ccccc3c2c1. The van der Waals surface area contributed by atoms with Crippen molar-refractivity contribution < 1.29 is 0 Å². The zero-order valence-corrected chi connectivity index (χ0v) is 15.3. The van der Waals surface area contributed by atoms with Gasteiger partial charge < -0.3 is 4.90 Å². The summed E-state index contributed by atoms with van der Waals surface area (Å²) in [5.41, 5.74) is 1.32. The van der Waals surface area contributed by atoms with Gasteiger partial charge in [0.25, 0.3) is 0 Å². The van der Waals surface area contributed by atoms with Crippen molar-refractivity contribution in [2.75, 3.05) is 18.0 Å². The van der Waals surface area contributed by atoms with Crippen LogP contribution in [-0.4, -0.2) is 13.1 Å². The molecule has 0 bridgehead atoms. The molecule has 0 saturated heterocycles. The molecule has 4 aromatic rings. The Labute approximate surface area is 149 Å². The summed E-state index contributed by atoms with van der Waals surface area (Å²) in [6.07, 6.45) is 0. The molecule has 1 heteroatoms. The molecule has 0 radical (unpaired) electrons. The zero-order valence-electron chi connectivity index (χ0n) is 15.3. The van der Waals surface area contributed by atoms with Gasteiger partial charge >= 0.3 is 0 Å². The first-order valence-electron chi connectivity index (χ1n) is 9.27. The number of hydrogen-bond donors (Lipinski definition) is 0. The Morgan fingerprint density at radius 2 is 1.16 bits per heavy atom. The lowest BCUT2D eigenvalue weighted by Gasteiger charge is -2.26. The summed E-state index contributed by atoms with van der Waals surface area (Å²) >= 11 is 0. The van der Waals surface area contributed by atoms with E-state index in [-0.39, 0.29) is 0 Å². The Balaban J connectivity index is 2.04. The summed E-state index contributed by atoms with van der Waals surface area (Å²) in [6.45, 7) is 8.94. The van der Waals surface area contributed by atoms with Crippen LogP contribution in [0.5, 0.6) is 0 Å². The van der Waals surface area contributed by atoms with E-state index in [4.69, 9.17) is 0 Å². The molecule has 0 atom stereocenters. The van der Waals surface area contributed by atoms with E-state index in [1.54, 1.807) is 0 Å². The summed E-state index contributed by atoms with van der Waals surface area (Å²) in [4.78, 5) is 2.48. The van der Waals surface area contributed by atoms with Gasteiger partial charge in [0, 0.05) is 18.8 Å². The Kier molecular flexibility index (Phi) is 4.09. The smallest absolute Gasteiger partial charge is 0.0372 e. The normalized spacial score (nSPS) is 11.7. The number of benzene rings is 4. The molecule has 0 aliphatic rings. The number of nitrogens with zero attached hydrogens (tertiary/aromatic N) is 1. The predicted octanol–water partition coefficient (Wildman–Crippen LogP) is 6.63. The fraction of sp³-hybridized carbons (Fsp3) is 0.250. The van der Waals surface area contributed by atoms with E-state index < -0.39 is 0 Å². The van der Waals surface area contributed by atoms with Crippen molar-refractivity contribution in [1.29, 1.82) is 0 Å². The van der Waals surface area contributed by atoms with Gasteiger partial charge in [-0.15, -0.1) is 0 Å².